The average Bonchev–Trinajstić information content (AvgIpc) is 2.03. The average molecular weight is 152 g/mol. The standard InChI is InChI=1S/C9H12O2/c1-8-4-2-3-5-9(8)11-7-6-10/h2-5,10H,6-7H2,1H3. The number of benzene rings is 1. The van der Waals surface area contributed by atoms with Crippen molar-refractivity contribution >= 4 is 0 Å². The maximum absolute atomic E-state index is 8.49. The summed E-state index contributed by atoms with van der Waals surface area (Å²) in [4.78, 5) is 0. The topological polar surface area (TPSA) is 29.5 Å². The van der Waals surface area contributed by atoms with E-state index in [1.54, 1.807) is 0 Å². The van der Waals surface area contributed by atoms with Gasteiger partial charge >= 0.3 is 0 Å². The minimum atomic E-state index is 0.0638. The Balaban J connectivity index is 2.62. The van der Waals surface area contributed by atoms with Crippen molar-refractivity contribution in [2.24, 2.45) is 0 Å². The number of hydrogen-bond acceptors (Lipinski definition) is 2. The quantitative estimate of drug-likeness (QED) is 0.708. The number of hydrogen-bond donors (Lipinski definition) is 1. The van der Waals surface area contributed by atoms with Crippen molar-refractivity contribution in [3.63, 3.8) is 0 Å². The molecule has 0 heterocycles. The van der Waals surface area contributed by atoms with Crippen molar-refractivity contribution in [1.29, 1.82) is 0 Å². The summed E-state index contributed by atoms with van der Waals surface area (Å²) in [7, 11) is 0. The summed E-state index contributed by atoms with van der Waals surface area (Å²) < 4.78 is 5.24. The Morgan fingerprint density at radius 1 is 1.36 bits per heavy atom. The molecule has 0 aliphatic carbocycles. The van der Waals surface area contributed by atoms with E-state index < -0.39 is 0 Å². The number of rotatable bonds is 3. The molecule has 0 unspecified atom stereocenters. The zero-order valence-electron chi connectivity index (χ0n) is 6.58. The van der Waals surface area contributed by atoms with Crippen LogP contribution in [-0.2, 0) is 0 Å². The summed E-state index contributed by atoms with van der Waals surface area (Å²) in [6.07, 6.45) is 0. The molecule has 1 aromatic carbocycles. The molecule has 2 nitrogen and oxygen atoms in total. The molecular formula is C9H12O2. The Labute approximate surface area is 66.4 Å². The molecule has 0 aromatic heterocycles. The van der Waals surface area contributed by atoms with E-state index in [2.05, 4.69) is 0 Å². The first-order chi connectivity index (χ1) is 5.34. The van der Waals surface area contributed by atoms with Gasteiger partial charge in [0.1, 0.15) is 12.4 Å². The molecule has 0 aliphatic heterocycles. The van der Waals surface area contributed by atoms with Crippen LogP contribution in [0.5, 0.6) is 5.75 Å². The Morgan fingerprint density at radius 3 is 2.73 bits per heavy atom. The first-order valence-electron chi connectivity index (χ1n) is 3.64. The van der Waals surface area contributed by atoms with Gasteiger partial charge < -0.3 is 9.84 Å². The lowest BCUT2D eigenvalue weighted by atomic mass is 10.2. The summed E-state index contributed by atoms with van der Waals surface area (Å²) in [5.74, 6) is 0.849. The first-order valence-corrected chi connectivity index (χ1v) is 3.64. The molecule has 0 radical (unpaired) electrons. The largest absolute Gasteiger partial charge is 0.491 e. The monoisotopic (exact) mass is 152 g/mol. The number of aliphatic hydroxyl groups is 1. The molecule has 60 valence electrons. The van der Waals surface area contributed by atoms with E-state index in [1.165, 1.54) is 0 Å². The fraction of sp³-hybridized carbons (Fsp3) is 0.333. The molecule has 2 heteroatoms. The molecule has 0 aliphatic rings. The van der Waals surface area contributed by atoms with E-state index in [9.17, 15) is 0 Å². The van der Waals surface area contributed by atoms with E-state index >= 15 is 0 Å². The lowest BCUT2D eigenvalue weighted by Gasteiger charge is -2.05. The highest BCUT2D eigenvalue weighted by molar-refractivity contribution is 5.31. The smallest absolute Gasteiger partial charge is 0.122 e. The molecule has 0 saturated carbocycles. The number of aryl methyl sites for hydroxylation is 1. The van der Waals surface area contributed by atoms with Gasteiger partial charge in [0.05, 0.1) is 6.61 Å². The zero-order valence-corrected chi connectivity index (χ0v) is 6.58. The van der Waals surface area contributed by atoms with Crippen LogP contribution in [0, 0.1) is 6.92 Å². The van der Waals surface area contributed by atoms with Gasteiger partial charge in [0.15, 0.2) is 0 Å². The number of para-hydroxylation sites is 1. The second kappa shape index (κ2) is 3.98. The normalized spacial score (nSPS) is 9.64. The van der Waals surface area contributed by atoms with E-state index in [4.69, 9.17) is 9.84 Å². The maximum Gasteiger partial charge on any atom is 0.122 e. The Bertz CT molecular complexity index is 221. The SMILES string of the molecule is Cc1ccccc1OCCO. The highest BCUT2D eigenvalue weighted by Crippen LogP contribution is 2.15. The summed E-state index contributed by atoms with van der Waals surface area (Å²) in [5.41, 5.74) is 1.10. The Morgan fingerprint density at radius 2 is 2.09 bits per heavy atom. The van der Waals surface area contributed by atoms with Crippen LogP contribution in [0.25, 0.3) is 0 Å². The molecular weight excluding hydrogens is 140 g/mol. The van der Waals surface area contributed by atoms with Crippen LogP contribution >= 0.6 is 0 Å². The third-order valence-electron chi connectivity index (χ3n) is 1.44. The van der Waals surface area contributed by atoms with Gasteiger partial charge in [-0.25, -0.2) is 0 Å². The van der Waals surface area contributed by atoms with Crippen LogP contribution < -0.4 is 4.74 Å². The van der Waals surface area contributed by atoms with Gasteiger partial charge in [-0.2, -0.15) is 0 Å². The predicted molar refractivity (Wildman–Crippen MR) is 43.8 cm³/mol. The van der Waals surface area contributed by atoms with Gasteiger partial charge in [-0.3, -0.25) is 0 Å². The van der Waals surface area contributed by atoms with Crippen molar-refractivity contribution in [2.75, 3.05) is 13.2 Å². The second-order valence-electron chi connectivity index (χ2n) is 2.34. The molecule has 0 saturated heterocycles. The highest BCUT2D eigenvalue weighted by Gasteiger charge is 1.94. The van der Waals surface area contributed by atoms with Gasteiger partial charge in [0.2, 0.25) is 0 Å². The van der Waals surface area contributed by atoms with Gasteiger partial charge in [-0.1, -0.05) is 18.2 Å². The molecule has 1 N–H and O–H groups in total. The van der Waals surface area contributed by atoms with Crippen molar-refractivity contribution in [2.45, 2.75) is 6.92 Å². The van der Waals surface area contributed by atoms with E-state index in [0.717, 1.165) is 11.3 Å². The molecule has 1 rings (SSSR count). The number of aliphatic hydroxyl groups excluding tert-OH is 1. The molecule has 0 bridgehead atoms. The summed E-state index contributed by atoms with van der Waals surface area (Å²) in [5, 5.41) is 8.49. The van der Waals surface area contributed by atoms with Crippen molar-refractivity contribution in [3.05, 3.63) is 29.8 Å². The summed E-state index contributed by atoms with van der Waals surface area (Å²) in [6, 6.07) is 7.75. The van der Waals surface area contributed by atoms with Gasteiger partial charge in [0, 0.05) is 0 Å². The van der Waals surface area contributed by atoms with Gasteiger partial charge in [-0.05, 0) is 18.6 Å². The number of ether oxygens (including phenoxy) is 1. The minimum Gasteiger partial charge on any atom is -0.491 e. The molecule has 0 spiro atoms. The van der Waals surface area contributed by atoms with Crippen LogP contribution in [0.15, 0.2) is 24.3 Å². The van der Waals surface area contributed by atoms with Gasteiger partial charge in [-0.15, -0.1) is 0 Å². The van der Waals surface area contributed by atoms with Crippen LogP contribution in [0.3, 0.4) is 0 Å². The predicted octanol–water partition coefficient (Wildman–Crippen LogP) is 1.37. The molecule has 1 aromatic rings. The minimum absolute atomic E-state index is 0.0638. The van der Waals surface area contributed by atoms with Crippen LogP contribution in [-0.4, -0.2) is 18.3 Å². The molecule has 0 atom stereocenters. The highest BCUT2D eigenvalue weighted by atomic mass is 16.5. The third kappa shape index (κ3) is 2.24. The van der Waals surface area contributed by atoms with Crippen molar-refractivity contribution < 1.29 is 9.84 Å². The lowest BCUT2D eigenvalue weighted by Crippen LogP contribution is -2.02. The van der Waals surface area contributed by atoms with Crippen LogP contribution in [0.1, 0.15) is 5.56 Å². The first kappa shape index (κ1) is 8.08. The zero-order chi connectivity index (χ0) is 8.10. The van der Waals surface area contributed by atoms with Crippen LogP contribution in [0.4, 0.5) is 0 Å². The third-order valence-corrected chi connectivity index (χ3v) is 1.44. The fourth-order valence-electron chi connectivity index (χ4n) is 0.874. The lowest BCUT2D eigenvalue weighted by molar-refractivity contribution is 0.200. The molecule has 0 amide bonds. The Kier molecular flexibility index (Phi) is 2.93. The fourth-order valence-corrected chi connectivity index (χ4v) is 0.874. The van der Waals surface area contributed by atoms with E-state index in [0.29, 0.717) is 6.61 Å². The van der Waals surface area contributed by atoms with Crippen molar-refractivity contribution in [1.82, 2.24) is 0 Å². The van der Waals surface area contributed by atoms with E-state index in [1.807, 2.05) is 31.2 Å². The molecule has 0 fully saturated rings. The summed E-state index contributed by atoms with van der Waals surface area (Å²) in [6.45, 7) is 2.41. The molecule has 11 heavy (non-hydrogen) atoms. The van der Waals surface area contributed by atoms with Gasteiger partial charge in [0.25, 0.3) is 0 Å². The van der Waals surface area contributed by atoms with Crippen LogP contribution in [0.2, 0.25) is 0 Å². The van der Waals surface area contributed by atoms with E-state index in [-0.39, 0.29) is 6.61 Å². The van der Waals surface area contributed by atoms with Crippen molar-refractivity contribution in [3.8, 4) is 5.75 Å². The summed E-state index contributed by atoms with van der Waals surface area (Å²) >= 11 is 0. The second-order valence-corrected chi connectivity index (χ2v) is 2.34. The maximum atomic E-state index is 8.49. The Hall–Kier alpha value is -1.02.